The molecule has 4 rings (SSSR count). The average Bonchev–Trinajstić information content (AvgIpc) is 3.33. The fourth-order valence-electron chi connectivity index (χ4n) is 2.85. The minimum Gasteiger partial charge on any atom is -0.355 e. The molecule has 30 heavy (non-hydrogen) atoms. The fourth-order valence-corrected chi connectivity index (χ4v) is 3.18. The van der Waals surface area contributed by atoms with Gasteiger partial charge in [0.25, 0.3) is 5.91 Å². The average molecular weight is 445 g/mol. The van der Waals surface area contributed by atoms with Crippen LogP contribution in [0.1, 0.15) is 21.7 Å². The van der Waals surface area contributed by atoms with Crippen LogP contribution in [0.25, 0.3) is 11.3 Å². The van der Waals surface area contributed by atoms with E-state index < -0.39 is 5.91 Å². The van der Waals surface area contributed by atoms with Crippen molar-refractivity contribution < 1.29 is 13.7 Å². The van der Waals surface area contributed by atoms with Crippen LogP contribution in [0.5, 0.6) is 0 Å². The topological polar surface area (TPSA) is 73.0 Å². The van der Waals surface area contributed by atoms with E-state index in [1.165, 1.54) is 18.2 Å². The van der Waals surface area contributed by atoms with Crippen LogP contribution in [0.15, 0.2) is 59.1 Å². The summed E-state index contributed by atoms with van der Waals surface area (Å²) in [6.07, 6.45) is 0. The molecule has 1 N–H and O–H groups in total. The minimum absolute atomic E-state index is 0.0889. The molecule has 0 fully saturated rings. The predicted octanol–water partition coefficient (Wildman–Crippen LogP) is 5.59. The third-order valence-electron chi connectivity index (χ3n) is 4.41. The molecule has 2 aromatic heterocycles. The van der Waals surface area contributed by atoms with Crippen molar-refractivity contribution in [3.8, 4) is 11.3 Å². The van der Waals surface area contributed by atoms with Crippen LogP contribution < -0.4 is 5.32 Å². The number of halogens is 3. The first-order valence-electron chi connectivity index (χ1n) is 8.91. The lowest BCUT2D eigenvalue weighted by Crippen LogP contribution is -2.13. The summed E-state index contributed by atoms with van der Waals surface area (Å²) in [5.74, 6) is -0.0836. The summed E-state index contributed by atoms with van der Waals surface area (Å²) < 4.78 is 20.0. The van der Waals surface area contributed by atoms with E-state index in [4.69, 9.17) is 27.7 Å². The molecule has 0 aliphatic heterocycles. The Morgan fingerprint density at radius 1 is 1.10 bits per heavy atom. The second kappa shape index (κ2) is 8.30. The number of hydrogen-bond donors (Lipinski definition) is 1. The van der Waals surface area contributed by atoms with E-state index in [9.17, 15) is 9.18 Å². The SMILES string of the molecule is Cc1cc(NC(=O)c2cc(-c3ccc(F)cc3)on2)nn1Cc1ccc(Cl)c(Cl)c1. The second-order valence-electron chi connectivity index (χ2n) is 6.61. The number of rotatable bonds is 5. The van der Waals surface area contributed by atoms with E-state index in [0.717, 1.165) is 11.3 Å². The van der Waals surface area contributed by atoms with Gasteiger partial charge in [0, 0.05) is 23.4 Å². The smallest absolute Gasteiger partial charge is 0.279 e. The van der Waals surface area contributed by atoms with Crippen molar-refractivity contribution in [2.45, 2.75) is 13.5 Å². The standard InChI is InChI=1S/C21H15Cl2FN4O2/c1-12-8-20(26-28(12)11-13-2-7-16(22)17(23)9-13)25-21(29)18-10-19(30-27-18)14-3-5-15(24)6-4-14/h2-10H,11H2,1H3,(H,25,26,29). The highest BCUT2D eigenvalue weighted by Crippen LogP contribution is 2.24. The molecule has 2 aromatic carbocycles. The van der Waals surface area contributed by atoms with Crippen molar-refractivity contribution in [1.29, 1.82) is 0 Å². The molecule has 0 atom stereocenters. The van der Waals surface area contributed by atoms with Crippen molar-refractivity contribution in [2.75, 3.05) is 5.32 Å². The number of hydrogen-bond acceptors (Lipinski definition) is 4. The molecule has 0 saturated carbocycles. The molecule has 0 unspecified atom stereocenters. The van der Waals surface area contributed by atoms with E-state index in [-0.39, 0.29) is 11.5 Å². The van der Waals surface area contributed by atoms with Gasteiger partial charge in [0.2, 0.25) is 0 Å². The summed E-state index contributed by atoms with van der Waals surface area (Å²) in [7, 11) is 0. The van der Waals surface area contributed by atoms with Gasteiger partial charge in [-0.05, 0) is 48.9 Å². The minimum atomic E-state index is -0.466. The highest BCUT2D eigenvalue weighted by atomic mass is 35.5. The van der Waals surface area contributed by atoms with Crippen molar-refractivity contribution in [3.63, 3.8) is 0 Å². The third kappa shape index (κ3) is 4.37. The lowest BCUT2D eigenvalue weighted by Gasteiger charge is -2.06. The molecule has 152 valence electrons. The van der Waals surface area contributed by atoms with E-state index in [0.29, 0.717) is 33.7 Å². The van der Waals surface area contributed by atoms with Crippen LogP contribution >= 0.6 is 23.2 Å². The van der Waals surface area contributed by atoms with Crippen LogP contribution in [0.3, 0.4) is 0 Å². The molecule has 6 nitrogen and oxygen atoms in total. The molecular weight excluding hydrogens is 430 g/mol. The molecule has 0 radical (unpaired) electrons. The van der Waals surface area contributed by atoms with Crippen LogP contribution in [-0.4, -0.2) is 20.8 Å². The van der Waals surface area contributed by atoms with Crippen LogP contribution in [0.2, 0.25) is 10.0 Å². The first-order chi connectivity index (χ1) is 14.4. The molecular formula is C21H15Cl2FN4O2. The molecule has 9 heteroatoms. The zero-order chi connectivity index (χ0) is 21.3. The summed E-state index contributed by atoms with van der Waals surface area (Å²) in [6, 6.07) is 14.3. The number of carbonyl (C=O) groups excluding carboxylic acids is 1. The van der Waals surface area contributed by atoms with Gasteiger partial charge in [0.15, 0.2) is 17.3 Å². The summed E-state index contributed by atoms with van der Waals surface area (Å²) in [4.78, 5) is 12.5. The van der Waals surface area contributed by atoms with Gasteiger partial charge in [-0.25, -0.2) is 4.39 Å². The van der Waals surface area contributed by atoms with E-state index in [1.54, 1.807) is 35.0 Å². The number of aryl methyl sites for hydroxylation is 1. The highest BCUT2D eigenvalue weighted by Gasteiger charge is 2.16. The van der Waals surface area contributed by atoms with Crippen LogP contribution in [-0.2, 0) is 6.54 Å². The predicted molar refractivity (Wildman–Crippen MR) is 112 cm³/mol. The third-order valence-corrected chi connectivity index (χ3v) is 5.15. The van der Waals surface area contributed by atoms with Gasteiger partial charge in [-0.3, -0.25) is 9.48 Å². The summed E-state index contributed by atoms with van der Waals surface area (Å²) >= 11 is 12.0. The van der Waals surface area contributed by atoms with Gasteiger partial charge in [0.05, 0.1) is 16.6 Å². The Morgan fingerprint density at radius 2 is 1.87 bits per heavy atom. The molecule has 4 aromatic rings. The highest BCUT2D eigenvalue weighted by molar-refractivity contribution is 6.42. The van der Waals surface area contributed by atoms with E-state index >= 15 is 0 Å². The number of carbonyl (C=O) groups is 1. The summed E-state index contributed by atoms with van der Waals surface area (Å²) in [5, 5.41) is 11.8. The maximum Gasteiger partial charge on any atom is 0.279 e. The van der Waals surface area contributed by atoms with Gasteiger partial charge < -0.3 is 9.84 Å². The Bertz CT molecular complexity index is 1220. The summed E-state index contributed by atoms with van der Waals surface area (Å²) in [5.41, 5.74) is 2.48. The quantitative estimate of drug-likeness (QED) is 0.435. The maximum atomic E-state index is 13.1. The Balaban J connectivity index is 1.47. The number of anilines is 1. The molecule has 0 aliphatic carbocycles. The zero-order valence-corrected chi connectivity index (χ0v) is 17.2. The van der Waals surface area contributed by atoms with E-state index in [2.05, 4.69) is 15.6 Å². The second-order valence-corrected chi connectivity index (χ2v) is 7.43. The largest absolute Gasteiger partial charge is 0.355 e. The van der Waals surface area contributed by atoms with Crippen molar-refractivity contribution in [3.05, 3.63) is 87.4 Å². The Kier molecular flexibility index (Phi) is 5.57. The zero-order valence-electron chi connectivity index (χ0n) is 15.7. The number of benzene rings is 2. The lowest BCUT2D eigenvalue weighted by molar-refractivity contribution is 0.101. The fraction of sp³-hybridized carbons (Fsp3) is 0.0952. The molecule has 0 spiro atoms. The summed E-state index contributed by atoms with van der Waals surface area (Å²) in [6.45, 7) is 2.35. The number of aromatic nitrogens is 3. The lowest BCUT2D eigenvalue weighted by atomic mass is 10.1. The van der Waals surface area contributed by atoms with Crippen LogP contribution in [0.4, 0.5) is 10.2 Å². The van der Waals surface area contributed by atoms with Gasteiger partial charge in [-0.1, -0.05) is 34.4 Å². The van der Waals surface area contributed by atoms with Gasteiger partial charge in [0.1, 0.15) is 5.82 Å². The van der Waals surface area contributed by atoms with Gasteiger partial charge in [-0.2, -0.15) is 5.10 Å². The van der Waals surface area contributed by atoms with Crippen molar-refractivity contribution >= 4 is 34.9 Å². The number of nitrogens with one attached hydrogen (secondary N) is 1. The van der Waals surface area contributed by atoms with Gasteiger partial charge >= 0.3 is 0 Å². The normalized spacial score (nSPS) is 10.9. The number of amides is 1. The molecule has 1 amide bonds. The molecule has 2 heterocycles. The first kappa shape index (κ1) is 20.1. The molecule has 0 saturated heterocycles. The number of nitrogens with zero attached hydrogens (tertiary/aromatic N) is 3. The monoisotopic (exact) mass is 444 g/mol. The Hall–Kier alpha value is -3.16. The van der Waals surface area contributed by atoms with Crippen molar-refractivity contribution in [2.24, 2.45) is 0 Å². The van der Waals surface area contributed by atoms with Crippen LogP contribution in [0, 0.1) is 12.7 Å². The Labute approximate surface area is 181 Å². The van der Waals surface area contributed by atoms with Crippen molar-refractivity contribution in [1.82, 2.24) is 14.9 Å². The molecule has 0 bridgehead atoms. The first-order valence-corrected chi connectivity index (χ1v) is 9.67. The van der Waals surface area contributed by atoms with Gasteiger partial charge in [-0.15, -0.1) is 0 Å². The van der Waals surface area contributed by atoms with E-state index in [1.807, 2.05) is 13.0 Å². The Morgan fingerprint density at radius 3 is 2.60 bits per heavy atom. The maximum absolute atomic E-state index is 13.1. The molecule has 0 aliphatic rings.